The number of rotatable bonds is 6. The number of benzene rings is 1. The van der Waals surface area contributed by atoms with Crippen LogP contribution in [0.2, 0.25) is 0 Å². The molecule has 0 amide bonds. The van der Waals surface area contributed by atoms with Gasteiger partial charge in [0, 0.05) is 24.8 Å². The maximum Gasteiger partial charge on any atom is 0.573 e. The minimum Gasteiger partial charge on any atom is -0.404 e. The van der Waals surface area contributed by atoms with Crippen LogP contribution in [0.5, 0.6) is 5.75 Å². The van der Waals surface area contributed by atoms with E-state index < -0.39 is 27.0 Å². The molecule has 0 bridgehead atoms. The summed E-state index contributed by atoms with van der Waals surface area (Å²) >= 11 is 0. The molecular formula is C16H16F3N3O3S. The van der Waals surface area contributed by atoms with Gasteiger partial charge in [0.25, 0.3) is 0 Å². The molecule has 2 rings (SSSR count). The van der Waals surface area contributed by atoms with Crippen molar-refractivity contribution in [3.63, 3.8) is 0 Å². The van der Waals surface area contributed by atoms with Crippen LogP contribution in [0.4, 0.5) is 13.2 Å². The van der Waals surface area contributed by atoms with Gasteiger partial charge in [-0.1, -0.05) is 13.0 Å². The van der Waals surface area contributed by atoms with Crippen molar-refractivity contribution < 1.29 is 26.3 Å². The predicted octanol–water partition coefficient (Wildman–Crippen LogP) is 3.15. The van der Waals surface area contributed by atoms with E-state index in [-0.39, 0.29) is 12.1 Å². The van der Waals surface area contributed by atoms with Gasteiger partial charge in [0.15, 0.2) is 0 Å². The average molecular weight is 387 g/mol. The fourth-order valence-corrected chi connectivity index (χ4v) is 3.56. The summed E-state index contributed by atoms with van der Waals surface area (Å²) in [5.74, 6) is -0.835. The van der Waals surface area contributed by atoms with Gasteiger partial charge < -0.3 is 9.30 Å². The first kappa shape index (κ1) is 19.8. The minimum absolute atomic E-state index is 0.0822. The van der Waals surface area contributed by atoms with E-state index in [1.807, 2.05) is 6.07 Å². The number of aromatic nitrogens is 1. The summed E-state index contributed by atoms with van der Waals surface area (Å²) in [4.78, 5) is -0.609. The Morgan fingerprint density at radius 1 is 1.27 bits per heavy atom. The molecule has 26 heavy (non-hydrogen) atoms. The lowest BCUT2D eigenvalue weighted by molar-refractivity contribution is -0.275. The van der Waals surface area contributed by atoms with Crippen LogP contribution in [0, 0.1) is 11.3 Å². The van der Waals surface area contributed by atoms with E-state index in [2.05, 4.69) is 9.46 Å². The lowest BCUT2D eigenvalue weighted by atomic mass is 10.1. The largest absolute Gasteiger partial charge is 0.573 e. The van der Waals surface area contributed by atoms with Crippen LogP contribution in [0.25, 0.3) is 11.3 Å². The zero-order chi connectivity index (χ0) is 19.5. The number of sulfonamides is 1. The fraction of sp³-hybridized carbons (Fsp3) is 0.312. The highest BCUT2D eigenvalue weighted by Gasteiger charge is 2.34. The van der Waals surface area contributed by atoms with Crippen LogP contribution in [-0.4, -0.2) is 25.9 Å². The van der Waals surface area contributed by atoms with E-state index in [0.29, 0.717) is 17.8 Å². The maximum absolute atomic E-state index is 12.7. The summed E-state index contributed by atoms with van der Waals surface area (Å²) < 4.78 is 70.4. The van der Waals surface area contributed by atoms with Gasteiger partial charge in [-0.15, -0.1) is 13.2 Å². The molecule has 0 atom stereocenters. The number of alkyl halides is 3. The Balaban J connectivity index is 2.58. The van der Waals surface area contributed by atoms with Crippen LogP contribution in [-0.2, 0) is 17.1 Å². The SMILES string of the molecule is CCCNS(=O)(=O)c1ccc(-c2ccc(C#N)n2C)cc1OC(F)(F)F. The summed E-state index contributed by atoms with van der Waals surface area (Å²) in [6, 6.07) is 8.40. The van der Waals surface area contributed by atoms with Crippen LogP contribution < -0.4 is 9.46 Å². The van der Waals surface area contributed by atoms with E-state index in [0.717, 1.165) is 12.1 Å². The van der Waals surface area contributed by atoms with E-state index >= 15 is 0 Å². The average Bonchev–Trinajstić information content (AvgIpc) is 2.92. The summed E-state index contributed by atoms with van der Waals surface area (Å²) in [7, 11) is -2.59. The molecule has 0 aliphatic carbocycles. The molecule has 1 heterocycles. The minimum atomic E-state index is -5.06. The Hall–Kier alpha value is -2.51. The van der Waals surface area contributed by atoms with Crippen LogP contribution in [0.1, 0.15) is 19.0 Å². The molecular weight excluding hydrogens is 371 g/mol. The van der Waals surface area contributed by atoms with Gasteiger partial charge in [0.1, 0.15) is 22.4 Å². The number of nitriles is 1. The van der Waals surface area contributed by atoms with E-state index in [1.54, 1.807) is 20.0 Å². The summed E-state index contributed by atoms with van der Waals surface area (Å²) in [6.07, 6.45) is -4.58. The van der Waals surface area contributed by atoms with Crippen molar-refractivity contribution >= 4 is 10.0 Å². The summed E-state index contributed by atoms with van der Waals surface area (Å²) in [5.41, 5.74) is 1.03. The van der Waals surface area contributed by atoms with Crippen LogP contribution in [0.3, 0.4) is 0 Å². The lowest BCUT2D eigenvalue weighted by Gasteiger charge is -2.15. The number of hydrogen-bond acceptors (Lipinski definition) is 4. The molecule has 140 valence electrons. The fourth-order valence-electron chi connectivity index (χ4n) is 2.32. The first-order chi connectivity index (χ1) is 12.1. The molecule has 2 aromatic rings. The van der Waals surface area contributed by atoms with Gasteiger partial charge in [-0.05, 0) is 30.7 Å². The zero-order valence-corrected chi connectivity index (χ0v) is 14.8. The Bertz CT molecular complexity index is 944. The van der Waals surface area contributed by atoms with Crippen LogP contribution >= 0.6 is 0 Å². The first-order valence-corrected chi connectivity index (χ1v) is 9.03. The summed E-state index contributed by atoms with van der Waals surface area (Å²) in [5, 5.41) is 8.99. The molecule has 10 heteroatoms. The molecule has 1 aromatic heterocycles. The molecule has 0 saturated carbocycles. The number of ether oxygens (including phenoxy) is 1. The van der Waals surface area contributed by atoms with Crippen LogP contribution in [0.15, 0.2) is 35.2 Å². The highest BCUT2D eigenvalue weighted by molar-refractivity contribution is 7.89. The Kier molecular flexibility index (Phi) is 5.63. The molecule has 0 aliphatic rings. The smallest absolute Gasteiger partial charge is 0.404 e. The third-order valence-electron chi connectivity index (χ3n) is 3.53. The van der Waals surface area contributed by atoms with Gasteiger partial charge in [-0.2, -0.15) is 5.26 Å². The quantitative estimate of drug-likeness (QED) is 0.825. The number of halogens is 3. The first-order valence-electron chi connectivity index (χ1n) is 7.54. The maximum atomic E-state index is 12.7. The number of nitrogens with one attached hydrogen (secondary N) is 1. The molecule has 1 N–H and O–H groups in total. The zero-order valence-electron chi connectivity index (χ0n) is 14.0. The molecule has 0 spiro atoms. The Morgan fingerprint density at radius 2 is 1.96 bits per heavy atom. The topological polar surface area (TPSA) is 84.1 Å². The molecule has 0 fully saturated rings. The Labute approximate surface area is 148 Å². The summed E-state index contributed by atoms with van der Waals surface area (Å²) in [6.45, 7) is 1.81. The van der Waals surface area contributed by atoms with Crippen molar-refractivity contribution in [2.75, 3.05) is 6.54 Å². The normalized spacial score (nSPS) is 12.0. The number of hydrogen-bond donors (Lipinski definition) is 1. The second-order valence-corrected chi connectivity index (χ2v) is 7.12. The molecule has 0 radical (unpaired) electrons. The highest BCUT2D eigenvalue weighted by Crippen LogP contribution is 2.34. The van der Waals surface area contributed by atoms with Crippen molar-refractivity contribution in [1.82, 2.24) is 9.29 Å². The third-order valence-corrected chi connectivity index (χ3v) is 5.03. The monoisotopic (exact) mass is 387 g/mol. The number of nitrogens with zero attached hydrogens (tertiary/aromatic N) is 2. The van der Waals surface area contributed by atoms with Crippen molar-refractivity contribution in [2.45, 2.75) is 24.6 Å². The van der Waals surface area contributed by atoms with Gasteiger partial charge in [0.05, 0.1) is 0 Å². The van der Waals surface area contributed by atoms with E-state index in [4.69, 9.17) is 5.26 Å². The standard InChI is InChI=1S/C16H16F3N3O3S/c1-3-8-21-26(23,24)15-7-4-11(9-14(15)25-16(17,18)19)13-6-5-12(10-20)22(13)2/h4-7,9,21H,3,8H2,1-2H3. The van der Waals surface area contributed by atoms with E-state index in [1.165, 1.54) is 16.7 Å². The van der Waals surface area contributed by atoms with Gasteiger partial charge in [-0.25, -0.2) is 13.1 Å². The third kappa shape index (κ3) is 4.36. The lowest BCUT2D eigenvalue weighted by Crippen LogP contribution is -2.26. The molecule has 0 aliphatic heterocycles. The molecule has 0 saturated heterocycles. The van der Waals surface area contributed by atoms with Gasteiger partial charge >= 0.3 is 6.36 Å². The molecule has 6 nitrogen and oxygen atoms in total. The van der Waals surface area contributed by atoms with Crippen molar-refractivity contribution in [1.29, 1.82) is 5.26 Å². The van der Waals surface area contributed by atoms with Crippen molar-refractivity contribution in [2.24, 2.45) is 7.05 Å². The van der Waals surface area contributed by atoms with Crippen molar-refractivity contribution in [3.8, 4) is 23.1 Å². The second-order valence-electron chi connectivity index (χ2n) is 5.38. The predicted molar refractivity (Wildman–Crippen MR) is 87.7 cm³/mol. The van der Waals surface area contributed by atoms with Gasteiger partial charge in [-0.3, -0.25) is 0 Å². The van der Waals surface area contributed by atoms with E-state index in [9.17, 15) is 21.6 Å². The Morgan fingerprint density at radius 3 is 2.50 bits per heavy atom. The molecule has 1 aromatic carbocycles. The van der Waals surface area contributed by atoms with Gasteiger partial charge in [0.2, 0.25) is 10.0 Å². The molecule has 0 unspecified atom stereocenters. The highest BCUT2D eigenvalue weighted by atomic mass is 32.2. The second kappa shape index (κ2) is 7.39. The van der Waals surface area contributed by atoms with Crippen molar-refractivity contribution in [3.05, 3.63) is 36.0 Å².